The van der Waals surface area contributed by atoms with Crippen LogP contribution in [0.15, 0.2) is 30.6 Å². The highest BCUT2D eigenvalue weighted by molar-refractivity contribution is 5.77. The maximum atomic E-state index is 11.4. The molecule has 8 heteroatoms. The quantitative estimate of drug-likeness (QED) is 0.502. The molecule has 1 aromatic carbocycles. The molecule has 0 unspecified atom stereocenters. The number of rotatable bonds is 3. The summed E-state index contributed by atoms with van der Waals surface area (Å²) in [4.78, 5) is 20.6. The number of hydrazine groups is 1. The van der Waals surface area contributed by atoms with Crippen LogP contribution >= 0.6 is 0 Å². The minimum Gasteiger partial charge on any atom is -0.320 e. The van der Waals surface area contributed by atoms with Gasteiger partial charge < -0.3 is 10.3 Å². The Morgan fingerprint density at radius 2 is 2.14 bits per heavy atom. The SMILES string of the molecule is NNc1ncnc(N2CCCc3ccccc32)c1[N+](=O)[O-]. The van der Waals surface area contributed by atoms with Gasteiger partial charge in [-0.25, -0.2) is 15.8 Å². The Bertz CT molecular complexity index is 690. The first kappa shape index (κ1) is 13.3. The fourth-order valence-electron chi connectivity index (χ4n) is 2.59. The van der Waals surface area contributed by atoms with Crippen molar-refractivity contribution in [3.63, 3.8) is 0 Å². The summed E-state index contributed by atoms with van der Waals surface area (Å²) >= 11 is 0. The first-order valence-corrected chi connectivity index (χ1v) is 6.54. The van der Waals surface area contributed by atoms with Crippen LogP contribution in [0, 0.1) is 10.1 Å². The molecule has 108 valence electrons. The van der Waals surface area contributed by atoms with Gasteiger partial charge in [0, 0.05) is 12.2 Å². The molecule has 0 amide bonds. The number of nitrogen functional groups attached to an aromatic ring is 1. The molecule has 21 heavy (non-hydrogen) atoms. The molecule has 2 heterocycles. The molecule has 0 atom stereocenters. The van der Waals surface area contributed by atoms with Gasteiger partial charge >= 0.3 is 5.69 Å². The maximum absolute atomic E-state index is 11.4. The zero-order chi connectivity index (χ0) is 14.8. The molecule has 2 aromatic rings. The van der Waals surface area contributed by atoms with E-state index < -0.39 is 4.92 Å². The predicted octanol–water partition coefficient (Wildman–Crippen LogP) is 1.75. The number of para-hydroxylation sites is 1. The molecule has 0 saturated carbocycles. The molecule has 0 aliphatic carbocycles. The number of nitrogens with two attached hydrogens (primary N) is 1. The van der Waals surface area contributed by atoms with Crippen LogP contribution in [0.5, 0.6) is 0 Å². The number of aromatic nitrogens is 2. The van der Waals surface area contributed by atoms with Crippen LogP contribution in [0.3, 0.4) is 0 Å². The van der Waals surface area contributed by atoms with Gasteiger partial charge in [0.25, 0.3) is 0 Å². The van der Waals surface area contributed by atoms with Gasteiger partial charge in [0.1, 0.15) is 6.33 Å². The van der Waals surface area contributed by atoms with Crippen molar-refractivity contribution in [3.05, 3.63) is 46.3 Å². The van der Waals surface area contributed by atoms with Crippen molar-refractivity contribution in [1.82, 2.24) is 9.97 Å². The molecule has 1 aliphatic rings. The van der Waals surface area contributed by atoms with Crippen LogP contribution < -0.4 is 16.2 Å². The van der Waals surface area contributed by atoms with Crippen molar-refractivity contribution >= 4 is 23.0 Å². The largest absolute Gasteiger partial charge is 0.355 e. The van der Waals surface area contributed by atoms with Crippen molar-refractivity contribution in [2.75, 3.05) is 16.9 Å². The topological polar surface area (TPSA) is 110 Å². The lowest BCUT2D eigenvalue weighted by molar-refractivity contribution is -0.383. The third kappa shape index (κ3) is 2.25. The van der Waals surface area contributed by atoms with Gasteiger partial charge in [-0.3, -0.25) is 10.1 Å². The van der Waals surface area contributed by atoms with E-state index in [4.69, 9.17) is 5.84 Å². The fourth-order valence-corrected chi connectivity index (χ4v) is 2.59. The van der Waals surface area contributed by atoms with Crippen molar-refractivity contribution in [2.45, 2.75) is 12.8 Å². The summed E-state index contributed by atoms with van der Waals surface area (Å²) in [6, 6.07) is 7.84. The average molecular weight is 286 g/mol. The van der Waals surface area contributed by atoms with Crippen molar-refractivity contribution < 1.29 is 4.92 Å². The van der Waals surface area contributed by atoms with Crippen LogP contribution in [0.1, 0.15) is 12.0 Å². The Labute approximate surface area is 120 Å². The van der Waals surface area contributed by atoms with Gasteiger partial charge in [0.2, 0.25) is 11.6 Å². The summed E-state index contributed by atoms with van der Waals surface area (Å²) in [5, 5.41) is 11.4. The summed E-state index contributed by atoms with van der Waals surface area (Å²) in [5.41, 5.74) is 4.14. The first-order chi connectivity index (χ1) is 10.2. The highest BCUT2D eigenvalue weighted by atomic mass is 16.6. The Kier molecular flexibility index (Phi) is 3.36. The predicted molar refractivity (Wildman–Crippen MR) is 78.3 cm³/mol. The highest BCUT2D eigenvalue weighted by Crippen LogP contribution is 2.38. The minimum atomic E-state index is -0.512. The van der Waals surface area contributed by atoms with E-state index in [1.54, 1.807) is 0 Å². The molecule has 8 nitrogen and oxygen atoms in total. The summed E-state index contributed by atoms with van der Waals surface area (Å²) in [6.45, 7) is 0.666. The molecular formula is C13H14N6O2. The van der Waals surface area contributed by atoms with Crippen LogP contribution in [0.2, 0.25) is 0 Å². The zero-order valence-corrected chi connectivity index (χ0v) is 11.2. The molecule has 0 bridgehead atoms. The molecule has 0 spiro atoms. The Morgan fingerprint density at radius 3 is 2.90 bits per heavy atom. The second-order valence-corrected chi connectivity index (χ2v) is 4.68. The number of hydrogen-bond donors (Lipinski definition) is 2. The Hall–Kier alpha value is -2.74. The summed E-state index contributed by atoms with van der Waals surface area (Å²) in [7, 11) is 0. The van der Waals surface area contributed by atoms with E-state index in [2.05, 4.69) is 15.4 Å². The number of benzene rings is 1. The first-order valence-electron chi connectivity index (χ1n) is 6.54. The second kappa shape index (κ2) is 5.33. The van der Waals surface area contributed by atoms with Crippen LogP contribution in [0.4, 0.5) is 23.0 Å². The van der Waals surface area contributed by atoms with E-state index in [0.29, 0.717) is 6.54 Å². The Balaban J connectivity index is 2.16. The third-order valence-electron chi connectivity index (χ3n) is 3.49. The van der Waals surface area contributed by atoms with Gasteiger partial charge in [-0.15, -0.1) is 0 Å². The van der Waals surface area contributed by atoms with Gasteiger partial charge in [-0.05, 0) is 24.5 Å². The van der Waals surface area contributed by atoms with Gasteiger partial charge in [0.05, 0.1) is 4.92 Å². The van der Waals surface area contributed by atoms with Gasteiger partial charge in [0.15, 0.2) is 0 Å². The lowest BCUT2D eigenvalue weighted by Gasteiger charge is -2.29. The van der Waals surface area contributed by atoms with Gasteiger partial charge in [-0.2, -0.15) is 0 Å². The standard InChI is InChI=1S/C13H14N6O2/c14-17-12-11(19(20)21)13(16-8-15-12)18-7-3-5-9-4-1-2-6-10(9)18/h1-2,4,6,8H,3,5,7,14H2,(H,15,16,17). The Morgan fingerprint density at radius 1 is 1.33 bits per heavy atom. The number of fused-ring (bicyclic) bond motifs is 1. The molecule has 0 fully saturated rings. The lowest BCUT2D eigenvalue weighted by atomic mass is 10.0. The number of nitrogens with one attached hydrogen (secondary N) is 1. The molecule has 1 aromatic heterocycles. The molecule has 0 saturated heterocycles. The molecule has 3 rings (SSSR count). The van der Waals surface area contributed by atoms with E-state index >= 15 is 0 Å². The molecule has 0 radical (unpaired) electrons. The number of nitro groups is 1. The summed E-state index contributed by atoms with van der Waals surface area (Å²) < 4.78 is 0. The third-order valence-corrected chi connectivity index (χ3v) is 3.49. The number of nitrogens with zero attached hydrogens (tertiary/aromatic N) is 4. The van der Waals surface area contributed by atoms with Crippen molar-refractivity contribution in [2.24, 2.45) is 5.84 Å². The number of hydrogen-bond acceptors (Lipinski definition) is 7. The van der Waals surface area contributed by atoms with E-state index in [9.17, 15) is 10.1 Å². The monoisotopic (exact) mass is 286 g/mol. The van der Waals surface area contributed by atoms with Crippen molar-refractivity contribution in [1.29, 1.82) is 0 Å². The smallest absolute Gasteiger partial charge is 0.320 e. The summed E-state index contributed by atoms with van der Waals surface area (Å²) in [6.07, 6.45) is 3.13. The van der Waals surface area contributed by atoms with E-state index in [1.165, 1.54) is 6.33 Å². The van der Waals surface area contributed by atoms with E-state index in [0.717, 1.165) is 24.1 Å². The minimum absolute atomic E-state index is 0.00746. The lowest BCUT2D eigenvalue weighted by Crippen LogP contribution is -2.26. The highest BCUT2D eigenvalue weighted by Gasteiger charge is 2.29. The van der Waals surface area contributed by atoms with E-state index in [1.807, 2.05) is 29.2 Å². The average Bonchev–Trinajstić information content (AvgIpc) is 2.53. The van der Waals surface area contributed by atoms with E-state index in [-0.39, 0.29) is 17.3 Å². The molecular weight excluding hydrogens is 272 g/mol. The second-order valence-electron chi connectivity index (χ2n) is 4.68. The van der Waals surface area contributed by atoms with Gasteiger partial charge in [-0.1, -0.05) is 18.2 Å². The zero-order valence-electron chi connectivity index (χ0n) is 11.2. The van der Waals surface area contributed by atoms with Crippen LogP contribution in [0.25, 0.3) is 0 Å². The number of aryl methyl sites for hydroxylation is 1. The van der Waals surface area contributed by atoms with Crippen LogP contribution in [-0.4, -0.2) is 21.4 Å². The summed E-state index contributed by atoms with van der Waals surface area (Å²) in [5.74, 6) is 5.59. The van der Waals surface area contributed by atoms with Crippen LogP contribution in [-0.2, 0) is 6.42 Å². The maximum Gasteiger partial charge on any atom is 0.355 e. The molecule has 3 N–H and O–H groups in total. The van der Waals surface area contributed by atoms with Crippen molar-refractivity contribution in [3.8, 4) is 0 Å². The molecule has 1 aliphatic heterocycles. The number of anilines is 3. The normalized spacial score (nSPS) is 13.7. The fraction of sp³-hybridized carbons (Fsp3) is 0.231.